The molecule has 20 heavy (non-hydrogen) atoms. The van der Waals surface area contributed by atoms with Crippen molar-refractivity contribution < 1.29 is 13.5 Å². The Hall–Kier alpha value is -0.620. The summed E-state index contributed by atoms with van der Waals surface area (Å²) in [5.41, 5.74) is 0.438. The standard InChI is InChI=1S/C14H20ClNO3S/c1-10(2)14-4-3-7-16(14)20(18,19)12-5-6-13(15)11(8-12)9-17/h5-6,8,10,14,17H,3-4,7,9H2,1-2H3. The Labute approximate surface area is 125 Å². The van der Waals surface area contributed by atoms with E-state index in [1.165, 1.54) is 18.2 Å². The smallest absolute Gasteiger partial charge is 0.243 e. The fourth-order valence-electron chi connectivity index (χ4n) is 2.70. The molecule has 1 saturated heterocycles. The molecule has 0 aliphatic carbocycles. The number of aliphatic hydroxyl groups excluding tert-OH is 1. The van der Waals surface area contributed by atoms with Gasteiger partial charge in [0.25, 0.3) is 0 Å². The Morgan fingerprint density at radius 3 is 2.75 bits per heavy atom. The van der Waals surface area contributed by atoms with Gasteiger partial charge in [0.05, 0.1) is 11.5 Å². The van der Waals surface area contributed by atoms with Crippen LogP contribution in [0.25, 0.3) is 0 Å². The zero-order chi connectivity index (χ0) is 14.9. The topological polar surface area (TPSA) is 57.6 Å². The average Bonchev–Trinajstić information content (AvgIpc) is 2.89. The van der Waals surface area contributed by atoms with E-state index in [9.17, 15) is 13.5 Å². The lowest BCUT2D eigenvalue weighted by Crippen LogP contribution is -2.38. The Kier molecular flexibility index (Phi) is 4.74. The Morgan fingerprint density at radius 1 is 1.45 bits per heavy atom. The summed E-state index contributed by atoms with van der Waals surface area (Å²) in [4.78, 5) is 0.207. The van der Waals surface area contributed by atoms with Gasteiger partial charge in [-0.15, -0.1) is 0 Å². The second-order valence-corrected chi connectivity index (χ2v) is 7.78. The van der Waals surface area contributed by atoms with Crippen LogP contribution in [0.1, 0.15) is 32.3 Å². The molecule has 1 heterocycles. The molecule has 0 radical (unpaired) electrons. The second kappa shape index (κ2) is 6.02. The number of aliphatic hydroxyl groups is 1. The molecule has 0 spiro atoms. The van der Waals surface area contributed by atoms with Gasteiger partial charge in [-0.2, -0.15) is 4.31 Å². The van der Waals surface area contributed by atoms with Crippen LogP contribution in [-0.4, -0.2) is 30.4 Å². The molecule has 1 aliphatic heterocycles. The Morgan fingerprint density at radius 2 is 2.15 bits per heavy atom. The van der Waals surface area contributed by atoms with E-state index in [0.717, 1.165) is 12.8 Å². The maximum absolute atomic E-state index is 12.7. The van der Waals surface area contributed by atoms with E-state index in [2.05, 4.69) is 0 Å². The molecule has 1 aromatic rings. The molecule has 0 amide bonds. The molecule has 0 bridgehead atoms. The number of benzene rings is 1. The van der Waals surface area contributed by atoms with Gasteiger partial charge in [-0.1, -0.05) is 25.4 Å². The number of halogens is 1. The lowest BCUT2D eigenvalue weighted by atomic mass is 10.0. The Bertz CT molecular complexity index is 586. The zero-order valence-electron chi connectivity index (χ0n) is 11.7. The maximum Gasteiger partial charge on any atom is 0.243 e. The fraction of sp³-hybridized carbons (Fsp3) is 0.571. The molecular formula is C14H20ClNO3S. The first kappa shape index (κ1) is 15.8. The van der Waals surface area contributed by atoms with Gasteiger partial charge < -0.3 is 5.11 Å². The number of nitrogens with zero attached hydrogens (tertiary/aromatic N) is 1. The van der Waals surface area contributed by atoms with Crippen LogP contribution < -0.4 is 0 Å². The van der Waals surface area contributed by atoms with E-state index in [1.807, 2.05) is 13.8 Å². The highest BCUT2D eigenvalue weighted by atomic mass is 35.5. The number of hydrogen-bond acceptors (Lipinski definition) is 3. The molecule has 0 saturated carbocycles. The monoisotopic (exact) mass is 317 g/mol. The molecule has 1 fully saturated rings. The highest BCUT2D eigenvalue weighted by Gasteiger charge is 2.36. The van der Waals surface area contributed by atoms with Crippen LogP contribution in [0.15, 0.2) is 23.1 Å². The van der Waals surface area contributed by atoms with Crippen LogP contribution in [0.3, 0.4) is 0 Å². The molecule has 1 unspecified atom stereocenters. The second-order valence-electron chi connectivity index (χ2n) is 5.48. The lowest BCUT2D eigenvalue weighted by molar-refractivity contribution is 0.281. The summed E-state index contributed by atoms with van der Waals surface area (Å²) in [6.45, 7) is 4.37. The van der Waals surface area contributed by atoms with Crippen molar-refractivity contribution in [3.05, 3.63) is 28.8 Å². The normalized spacial score (nSPS) is 20.8. The van der Waals surface area contributed by atoms with E-state index in [4.69, 9.17) is 11.6 Å². The van der Waals surface area contributed by atoms with Crippen molar-refractivity contribution in [2.24, 2.45) is 5.92 Å². The first-order valence-electron chi connectivity index (χ1n) is 6.79. The summed E-state index contributed by atoms with van der Waals surface area (Å²) in [6.07, 6.45) is 1.79. The average molecular weight is 318 g/mol. The summed E-state index contributed by atoms with van der Waals surface area (Å²) in [7, 11) is -3.52. The first-order valence-corrected chi connectivity index (χ1v) is 8.61. The summed E-state index contributed by atoms with van der Waals surface area (Å²) >= 11 is 5.92. The van der Waals surface area contributed by atoms with Crippen LogP contribution in [0.4, 0.5) is 0 Å². The van der Waals surface area contributed by atoms with Gasteiger partial charge in [0.1, 0.15) is 0 Å². The third kappa shape index (κ3) is 2.86. The van der Waals surface area contributed by atoms with Gasteiger partial charge in [0.15, 0.2) is 0 Å². The van der Waals surface area contributed by atoms with Crippen LogP contribution in [0.5, 0.6) is 0 Å². The molecule has 1 aliphatic rings. The van der Waals surface area contributed by atoms with Gasteiger partial charge in [-0.3, -0.25) is 0 Å². The fourth-order valence-corrected chi connectivity index (χ4v) is 4.75. The van der Waals surface area contributed by atoms with Crippen LogP contribution in [0.2, 0.25) is 5.02 Å². The van der Waals surface area contributed by atoms with Crippen LogP contribution >= 0.6 is 11.6 Å². The van der Waals surface area contributed by atoms with E-state index in [-0.39, 0.29) is 23.5 Å². The van der Waals surface area contributed by atoms with Crippen molar-refractivity contribution in [3.63, 3.8) is 0 Å². The summed E-state index contributed by atoms with van der Waals surface area (Å²) < 4.78 is 27.0. The van der Waals surface area contributed by atoms with Crippen molar-refractivity contribution in [2.45, 2.75) is 44.2 Å². The van der Waals surface area contributed by atoms with E-state index in [1.54, 1.807) is 4.31 Å². The number of sulfonamides is 1. The maximum atomic E-state index is 12.7. The van der Waals surface area contributed by atoms with Crippen molar-refractivity contribution in [1.82, 2.24) is 4.31 Å². The minimum absolute atomic E-state index is 0.0493. The predicted octanol–water partition coefficient (Wildman–Crippen LogP) is 2.64. The molecule has 4 nitrogen and oxygen atoms in total. The van der Waals surface area contributed by atoms with Crippen molar-refractivity contribution >= 4 is 21.6 Å². The molecule has 6 heteroatoms. The van der Waals surface area contributed by atoms with Gasteiger partial charge in [-0.05, 0) is 42.5 Å². The van der Waals surface area contributed by atoms with Gasteiger partial charge in [0, 0.05) is 17.6 Å². The largest absolute Gasteiger partial charge is 0.392 e. The SMILES string of the molecule is CC(C)C1CCCN1S(=O)(=O)c1ccc(Cl)c(CO)c1. The van der Waals surface area contributed by atoms with Crippen molar-refractivity contribution in [1.29, 1.82) is 0 Å². The third-order valence-electron chi connectivity index (χ3n) is 3.81. The number of hydrogen-bond donors (Lipinski definition) is 1. The zero-order valence-corrected chi connectivity index (χ0v) is 13.3. The van der Waals surface area contributed by atoms with Gasteiger partial charge in [0.2, 0.25) is 10.0 Å². The number of rotatable bonds is 4. The van der Waals surface area contributed by atoms with Crippen molar-refractivity contribution in [2.75, 3.05) is 6.54 Å². The first-order chi connectivity index (χ1) is 9.37. The molecular weight excluding hydrogens is 298 g/mol. The van der Waals surface area contributed by atoms with E-state index in [0.29, 0.717) is 17.1 Å². The lowest BCUT2D eigenvalue weighted by Gasteiger charge is -2.27. The highest BCUT2D eigenvalue weighted by Crippen LogP contribution is 2.31. The minimum atomic E-state index is -3.52. The molecule has 112 valence electrons. The Balaban J connectivity index is 2.40. The summed E-state index contributed by atoms with van der Waals surface area (Å²) in [5.74, 6) is 0.289. The van der Waals surface area contributed by atoms with Crippen LogP contribution in [0, 0.1) is 5.92 Å². The molecule has 0 aromatic heterocycles. The van der Waals surface area contributed by atoms with Gasteiger partial charge >= 0.3 is 0 Å². The molecule has 1 aromatic carbocycles. The molecule has 1 N–H and O–H groups in total. The van der Waals surface area contributed by atoms with Crippen LogP contribution in [-0.2, 0) is 16.6 Å². The summed E-state index contributed by atoms with van der Waals surface area (Å²) in [6, 6.07) is 4.55. The van der Waals surface area contributed by atoms with Crippen molar-refractivity contribution in [3.8, 4) is 0 Å². The third-order valence-corrected chi connectivity index (χ3v) is 6.10. The molecule has 1 atom stereocenters. The summed E-state index contributed by atoms with van der Waals surface area (Å²) in [5, 5.41) is 9.60. The van der Waals surface area contributed by atoms with E-state index >= 15 is 0 Å². The molecule has 2 rings (SSSR count). The predicted molar refractivity (Wildman–Crippen MR) is 79.1 cm³/mol. The van der Waals surface area contributed by atoms with Gasteiger partial charge in [-0.25, -0.2) is 8.42 Å². The van der Waals surface area contributed by atoms with E-state index < -0.39 is 10.0 Å². The minimum Gasteiger partial charge on any atom is -0.392 e. The highest BCUT2D eigenvalue weighted by molar-refractivity contribution is 7.89. The quantitative estimate of drug-likeness (QED) is 0.928.